The standard InChI is InChI=1S/C38H52N10O12S/c1-59-15-16-60-37-44-33(40)32-34(45-37)48(38(58)43-32)21-24-4-2-23(3-5-24)19-41-28(50)8-9-29(51)46-11-13-47(14-12-46)30(52)10-17-61-22-25(35(55)42-20-31(53)54)18-26(49)6-7-27(39)36(56)57/h2-5,25,27H,6-22,39H2,1H3,(H,41,50)(H,42,55)(H,43,58)(H,53,54)(H,56,57)(H2,40,44,45). The Morgan fingerprint density at radius 2 is 1.56 bits per heavy atom. The lowest BCUT2D eigenvalue weighted by atomic mass is 9.99. The molecule has 3 heterocycles. The summed E-state index contributed by atoms with van der Waals surface area (Å²) >= 11 is 1.25. The van der Waals surface area contributed by atoms with E-state index in [1.54, 1.807) is 9.80 Å². The number of aliphatic carboxylic acids is 2. The predicted molar refractivity (Wildman–Crippen MR) is 220 cm³/mol. The molecule has 22 nitrogen and oxygen atoms in total. The molecule has 1 aliphatic heterocycles. The van der Waals surface area contributed by atoms with Crippen molar-refractivity contribution < 1.29 is 53.2 Å². The van der Waals surface area contributed by atoms with E-state index in [9.17, 15) is 38.4 Å². The molecule has 1 aromatic carbocycles. The highest BCUT2D eigenvalue weighted by Gasteiger charge is 2.26. The smallest absolute Gasteiger partial charge is 0.328 e. The van der Waals surface area contributed by atoms with E-state index in [4.69, 9.17) is 31.2 Å². The lowest BCUT2D eigenvalue weighted by Crippen LogP contribution is -2.50. The first-order valence-corrected chi connectivity index (χ1v) is 20.7. The minimum Gasteiger partial charge on any atom is -0.480 e. The number of thioether (sulfide) groups is 1. The summed E-state index contributed by atoms with van der Waals surface area (Å²) in [5.74, 6) is -4.54. The van der Waals surface area contributed by atoms with Crippen LogP contribution in [-0.2, 0) is 51.4 Å². The van der Waals surface area contributed by atoms with Crippen LogP contribution in [0.1, 0.15) is 49.7 Å². The Hall–Kier alpha value is -6.07. The van der Waals surface area contributed by atoms with Gasteiger partial charge in [-0.15, -0.1) is 0 Å². The molecule has 1 saturated heterocycles. The largest absolute Gasteiger partial charge is 0.480 e. The molecule has 23 heteroatoms. The van der Waals surface area contributed by atoms with Crippen LogP contribution in [-0.4, -0.2) is 151 Å². The molecule has 0 spiro atoms. The first-order valence-electron chi connectivity index (χ1n) is 19.5. The van der Waals surface area contributed by atoms with E-state index in [0.717, 1.165) is 11.1 Å². The highest BCUT2D eigenvalue weighted by Crippen LogP contribution is 2.20. The highest BCUT2D eigenvalue weighted by molar-refractivity contribution is 7.99. The summed E-state index contributed by atoms with van der Waals surface area (Å²) < 4.78 is 11.9. The third-order valence-electron chi connectivity index (χ3n) is 9.64. The molecular formula is C38H52N10O12S. The second-order valence-corrected chi connectivity index (χ2v) is 15.3. The number of anilines is 1. The number of H-pyrrole nitrogens is 1. The van der Waals surface area contributed by atoms with Crippen molar-refractivity contribution in [3.05, 3.63) is 45.9 Å². The topological polar surface area (TPSA) is 325 Å². The van der Waals surface area contributed by atoms with Crippen molar-refractivity contribution in [3.8, 4) is 6.01 Å². The number of carboxylic acid groups (broad SMARTS) is 2. The summed E-state index contributed by atoms with van der Waals surface area (Å²) in [5, 5.41) is 22.9. The third-order valence-corrected chi connectivity index (χ3v) is 10.8. The van der Waals surface area contributed by atoms with Gasteiger partial charge in [0.15, 0.2) is 11.5 Å². The zero-order chi connectivity index (χ0) is 44.5. The zero-order valence-corrected chi connectivity index (χ0v) is 34.6. The first-order chi connectivity index (χ1) is 29.1. The van der Waals surface area contributed by atoms with Crippen LogP contribution in [0.3, 0.4) is 0 Å². The van der Waals surface area contributed by atoms with Crippen molar-refractivity contribution in [2.75, 3.05) is 70.3 Å². The molecular weight excluding hydrogens is 821 g/mol. The minimum atomic E-state index is -1.25. The molecule has 2 atom stereocenters. The molecule has 4 amide bonds. The number of aromatic amines is 1. The normalized spacial score (nSPS) is 13.7. The van der Waals surface area contributed by atoms with Crippen LogP contribution in [0.15, 0.2) is 29.1 Å². The number of ether oxygens (including phenoxy) is 2. The van der Waals surface area contributed by atoms with Crippen molar-refractivity contribution in [2.24, 2.45) is 11.7 Å². The number of benzene rings is 1. The number of carboxylic acids is 2. The summed E-state index contributed by atoms with van der Waals surface area (Å²) in [6, 6.07) is 6.07. The summed E-state index contributed by atoms with van der Waals surface area (Å²) in [6.45, 7) is 1.55. The van der Waals surface area contributed by atoms with Crippen LogP contribution in [0.25, 0.3) is 11.2 Å². The quantitative estimate of drug-likeness (QED) is 0.0499. The number of imidazole rings is 1. The van der Waals surface area contributed by atoms with E-state index in [2.05, 4.69) is 25.6 Å². The average Bonchev–Trinajstić information content (AvgIpc) is 3.55. The van der Waals surface area contributed by atoms with Gasteiger partial charge in [-0.1, -0.05) is 24.3 Å². The van der Waals surface area contributed by atoms with Gasteiger partial charge in [0.05, 0.1) is 19.1 Å². The van der Waals surface area contributed by atoms with Gasteiger partial charge in [0.2, 0.25) is 23.6 Å². The number of rotatable bonds is 25. The van der Waals surface area contributed by atoms with Crippen molar-refractivity contribution >= 4 is 70.1 Å². The number of amides is 4. The van der Waals surface area contributed by atoms with Crippen LogP contribution >= 0.6 is 11.8 Å². The Morgan fingerprint density at radius 3 is 2.20 bits per heavy atom. The number of hydrogen-bond acceptors (Lipinski definition) is 15. The highest BCUT2D eigenvalue weighted by atomic mass is 32.2. The molecule has 4 rings (SSSR count). The van der Waals surface area contributed by atoms with Crippen LogP contribution in [0.2, 0.25) is 0 Å². The van der Waals surface area contributed by atoms with Crippen LogP contribution < -0.4 is 32.5 Å². The molecule has 2 unspecified atom stereocenters. The Balaban J connectivity index is 1.14. The van der Waals surface area contributed by atoms with Gasteiger partial charge < -0.3 is 56.6 Å². The number of fused-ring (bicyclic) bond motifs is 1. The lowest BCUT2D eigenvalue weighted by molar-refractivity contribution is -0.140. The fourth-order valence-electron chi connectivity index (χ4n) is 6.17. The first kappa shape index (κ1) is 47.6. The number of nitrogens with zero attached hydrogens (tertiary/aromatic N) is 5. The van der Waals surface area contributed by atoms with Gasteiger partial charge in [-0.2, -0.15) is 21.7 Å². The summed E-state index contributed by atoms with van der Waals surface area (Å²) in [4.78, 5) is 112. The van der Waals surface area contributed by atoms with Crippen molar-refractivity contribution in [3.63, 3.8) is 0 Å². The summed E-state index contributed by atoms with van der Waals surface area (Å²) in [7, 11) is 1.53. The second kappa shape index (κ2) is 23.6. The number of carbonyl (C=O) groups excluding carboxylic acids is 5. The molecule has 9 N–H and O–H groups in total. The SMILES string of the molecule is COCCOc1nc(N)c2[nH]c(=O)n(Cc3ccc(CNC(=O)CCC(=O)N4CCN(C(=O)CCSCC(CC(=O)CCC(N)C(=O)O)C(=O)NCC(=O)O)CC4)cc3)c2n1. The van der Waals surface area contributed by atoms with E-state index in [0.29, 0.717) is 49.7 Å². The Bertz CT molecular complexity index is 2090. The van der Waals surface area contributed by atoms with E-state index >= 15 is 0 Å². The maximum absolute atomic E-state index is 12.9. The monoisotopic (exact) mass is 872 g/mol. The van der Waals surface area contributed by atoms with E-state index < -0.39 is 42.0 Å². The molecule has 1 fully saturated rings. The molecule has 0 bridgehead atoms. The molecule has 2 aromatic heterocycles. The maximum atomic E-state index is 12.9. The molecule has 0 saturated carbocycles. The summed E-state index contributed by atoms with van der Waals surface area (Å²) in [5.41, 5.74) is 13.2. The average molecular weight is 873 g/mol. The van der Waals surface area contributed by atoms with Gasteiger partial charge in [-0.3, -0.25) is 38.1 Å². The van der Waals surface area contributed by atoms with E-state index in [-0.39, 0.29) is 99.3 Å². The molecule has 3 aromatic rings. The zero-order valence-electron chi connectivity index (χ0n) is 33.8. The Labute approximate surface area is 354 Å². The van der Waals surface area contributed by atoms with Crippen LogP contribution in [0, 0.1) is 5.92 Å². The van der Waals surface area contributed by atoms with Gasteiger partial charge in [0.1, 0.15) is 30.5 Å². The molecule has 61 heavy (non-hydrogen) atoms. The Morgan fingerprint density at radius 1 is 0.902 bits per heavy atom. The fraction of sp³-hybridized carbons (Fsp3) is 0.526. The van der Waals surface area contributed by atoms with E-state index in [1.165, 1.54) is 23.4 Å². The maximum Gasteiger partial charge on any atom is 0.328 e. The number of hydrogen-bond donors (Lipinski definition) is 7. The molecule has 0 aliphatic carbocycles. The number of nitrogens with two attached hydrogens (primary N) is 2. The number of Topliss-reactive ketones (excluding diaryl/α,β-unsaturated/α-hetero) is 1. The predicted octanol–water partition coefficient (Wildman–Crippen LogP) is -1.07. The number of methoxy groups -OCH3 is 1. The van der Waals surface area contributed by atoms with Crippen molar-refractivity contribution in [1.29, 1.82) is 0 Å². The minimum absolute atomic E-state index is 0.00197. The number of ketones is 1. The van der Waals surface area contributed by atoms with Crippen LogP contribution in [0.4, 0.5) is 5.82 Å². The lowest BCUT2D eigenvalue weighted by Gasteiger charge is -2.35. The van der Waals surface area contributed by atoms with Gasteiger partial charge in [0.25, 0.3) is 0 Å². The Kier molecular flexibility index (Phi) is 18.5. The number of nitrogen functional groups attached to an aromatic ring is 1. The third kappa shape index (κ3) is 15.2. The molecule has 0 radical (unpaired) electrons. The van der Waals surface area contributed by atoms with Gasteiger partial charge >= 0.3 is 23.6 Å². The fourth-order valence-corrected chi connectivity index (χ4v) is 7.21. The van der Waals surface area contributed by atoms with Gasteiger partial charge in [-0.25, -0.2) is 4.79 Å². The number of nitrogens with one attached hydrogen (secondary N) is 3. The van der Waals surface area contributed by atoms with Crippen LogP contribution in [0.5, 0.6) is 6.01 Å². The van der Waals surface area contributed by atoms with Crippen molar-refractivity contribution in [1.82, 2.24) is 40.0 Å². The summed E-state index contributed by atoms with van der Waals surface area (Å²) in [6.07, 6.45) is -0.370. The molecule has 332 valence electrons. The van der Waals surface area contributed by atoms with E-state index in [1.807, 2.05) is 24.3 Å². The van der Waals surface area contributed by atoms with Crippen molar-refractivity contribution in [2.45, 2.75) is 57.7 Å². The number of aromatic nitrogens is 4. The van der Waals surface area contributed by atoms with Gasteiger partial charge in [0, 0.05) is 83.4 Å². The second-order valence-electron chi connectivity index (χ2n) is 14.2. The van der Waals surface area contributed by atoms with Gasteiger partial charge in [-0.05, 0) is 17.5 Å². The number of piperazine rings is 1. The molecule has 1 aliphatic rings. The number of carbonyl (C=O) groups is 7.